The zero-order valence-electron chi connectivity index (χ0n) is 32.5. The predicted molar refractivity (Wildman–Crippen MR) is 209 cm³/mol. The van der Waals surface area contributed by atoms with Crippen molar-refractivity contribution in [1.82, 2.24) is 9.55 Å². The maximum Gasteiger partial charge on any atom is 0.137 e. The Kier molecular flexibility index (Phi) is 6.68. The molecule has 3 heterocycles. The van der Waals surface area contributed by atoms with Crippen molar-refractivity contribution >= 4 is 44.6 Å². The molecule has 5 aromatic carbocycles. The lowest BCUT2D eigenvalue weighted by molar-refractivity contribution is 0.479. The van der Waals surface area contributed by atoms with Crippen molar-refractivity contribution in [3.8, 4) is 17.3 Å². The minimum atomic E-state index is -2.25. The fraction of sp³-hybridized carbons (Fsp3) is 0.222. The average Bonchev–Trinajstić information content (AvgIpc) is 3.67. The minimum Gasteiger partial charge on any atom is -0.457 e. The van der Waals surface area contributed by atoms with Crippen LogP contribution >= 0.6 is 0 Å². The van der Waals surface area contributed by atoms with E-state index in [0.29, 0.717) is 18.2 Å². The highest BCUT2D eigenvalue weighted by Gasteiger charge is 2.30. The summed E-state index contributed by atoms with van der Waals surface area (Å²) >= 11 is 0. The summed E-state index contributed by atoms with van der Waals surface area (Å²) in [4.78, 5) is 9.38. The van der Waals surface area contributed by atoms with E-state index in [1.165, 1.54) is 11.3 Å². The van der Waals surface area contributed by atoms with E-state index in [4.69, 9.17) is 8.85 Å². The van der Waals surface area contributed by atoms with Gasteiger partial charge in [0.25, 0.3) is 0 Å². The van der Waals surface area contributed by atoms with Crippen LogP contribution in [0.5, 0.6) is 11.5 Å². The van der Waals surface area contributed by atoms with Gasteiger partial charge in [-0.05, 0) is 101 Å². The van der Waals surface area contributed by atoms with Crippen LogP contribution in [0.2, 0.25) is 0 Å². The molecule has 8 rings (SSSR count). The zero-order valence-corrected chi connectivity index (χ0v) is 29.5. The minimum absolute atomic E-state index is 0.0396. The van der Waals surface area contributed by atoms with Crippen molar-refractivity contribution in [1.29, 1.82) is 0 Å². The first-order chi connectivity index (χ1) is 25.1. The Morgan fingerprint density at radius 2 is 1.30 bits per heavy atom. The predicted octanol–water partition coefficient (Wildman–Crippen LogP) is 12.1. The van der Waals surface area contributed by atoms with Crippen LogP contribution < -0.4 is 14.5 Å². The van der Waals surface area contributed by atoms with Crippen molar-refractivity contribution in [2.45, 2.75) is 59.2 Å². The number of anilines is 4. The zero-order chi connectivity index (χ0) is 37.3. The highest BCUT2D eigenvalue weighted by atomic mass is 16.5. The summed E-state index contributed by atoms with van der Waals surface area (Å²) in [7, 11) is 0. The van der Waals surface area contributed by atoms with Gasteiger partial charge < -0.3 is 14.5 Å². The van der Waals surface area contributed by atoms with E-state index >= 15 is 0 Å². The second-order valence-electron chi connectivity index (χ2n) is 15.3. The van der Waals surface area contributed by atoms with Crippen LogP contribution in [0.25, 0.3) is 27.6 Å². The van der Waals surface area contributed by atoms with Crippen LogP contribution in [0, 0.1) is 6.85 Å². The highest BCUT2D eigenvalue weighted by Crippen LogP contribution is 2.46. The third-order valence-electron chi connectivity index (χ3n) is 9.69. The Morgan fingerprint density at radius 1 is 0.600 bits per heavy atom. The number of nitrogens with zero attached hydrogens (tertiary/aromatic N) is 4. The third-order valence-corrected chi connectivity index (χ3v) is 9.69. The fourth-order valence-corrected chi connectivity index (χ4v) is 6.96. The lowest BCUT2D eigenvalue weighted by Crippen LogP contribution is -2.25. The maximum atomic E-state index is 8.02. The van der Waals surface area contributed by atoms with Crippen molar-refractivity contribution in [2.75, 3.05) is 16.5 Å². The molecule has 2 aromatic heterocycles. The summed E-state index contributed by atoms with van der Waals surface area (Å²) in [6.45, 7) is 11.8. The number of pyridine rings is 1. The van der Waals surface area contributed by atoms with Gasteiger partial charge in [-0.15, -0.1) is 0 Å². The maximum absolute atomic E-state index is 8.02. The molecule has 5 heteroatoms. The largest absolute Gasteiger partial charge is 0.457 e. The Balaban J connectivity index is 1.21. The molecule has 1 aliphatic rings. The molecule has 0 atom stereocenters. The molecule has 1 aliphatic heterocycles. The van der Waals surface area contributed by atoms with Gasteiger partial charge in [0.15, 0.2) is 0 Å². The summed E-state index contributed by atoms with van der Waals surface area (Å²) in [6.07, 6.45) is 1.57. The van der Waals surface area contributed by atoms with Gasteiger partial charge in [0, 0.05) is 44.6 Å². The van der Waals surface area contributed by atoms with Crippen LogP contribution in [-0.4, -0.2) is 16.2 Å². The molecule has 250 valence electrons. The smallest absolute Gasteiger partial charge is 0.137 e. The second-order valence-corrected chi connectivity index (χ2v) is 15.3. The Hall–Kier alpha value is -5.55. The molecular weight excluding hydrogens is 613 g/mol. The van der Waals surface area contributed by atoms with Crippen molar-refractivity contribution in [3.63, 3.8) is 0 Å². The molecular formula is C45H44N4O. The van der Waals surface area contributed by atoms with Gasteiger partial charge in [0.2, 0.25) is 0 Å². The first-order valence-corrected chi connectivity index (χ1v) is 17.2. The molecule has 0 spiro atoms. The van der Waals surface area contributed by atoms with Gasteiger partial charge in [-0.2, -0.15) is 0 Å². The summed E-state index contributed by atoms with van der Waals surface area (Å²) in [5, 5.41) is 2.08. The van der Waals surface area contributed by atoms with E-state index in [0.717, 1.165) is 50.2 Å². The van der Waals surface area contributed by atoms with Crippen LogP contribution in [0.1, 0.15) is 62.3 Å². The molecule has 0 bridgehead atoms. The lowest BCUT2D eigenvalue weighted by Gasteiger charge is -2.27. The Morgan fingerprint density at radius 3 is 2.06 bits per heavy atom. The molecule has 7 aromatic rings. The summed E-state index contributed by atoms with van der Waals surface area (Å²) in [5.74, 6) is 1.96. The SMILES string of the molecule is [2H]C([2H])([2H])c1ccnc(-n2c3ccccc3c3ccc(Oc4cc(N5CN(c6cccc(C(C)(C)C)c6)c6ccccc65)cc(C(C)(C)C)c4)cc32)c1. The number of ether oxygens (including phenoxy) is 1. The summed E-state index contributed by atoms with van der Waals surface area (Å²) in [6, 6.07) is 41.4. The molecule has 0 amide bonds. The van der Waals surface area contributed by atoms with Gasteiger partial charge in [-0.25, -0.2) is 4.98 Å². The van der Waals surface area contributed by atoms with Gasteiger partial charge in [-0.3, -0.25) is 4.57 Å². The van der Waals surface area contributed by atoms with Gasteiger partial charge in [0.1, 0.15) is 24.0 Å². The van der Waals surface area contributed by atoms with E-state index in [-0.39, 0.29) is 16.4 Å². The monoisotopic (exact) mass is 659 g/mol. The van der Waals surface area contributed by atoms with E-state index in [1.54, 1.807) is 18.3 Å². The number of aryl methyl sites for hydroxylation is 1. The number of aromatic nitrogens is 2. The molecule has 0 radical (unpaired) electrons. The van der Waals surface area contributed by atoms with Crippen LogP contribution in [-0.2, 0) is 10.8 Å². The third kappa shape index (κ3) is 5.67. The van der Waals surface area contributed by atoms with Crippen molar-refractivity contribution in [3.05, 3.63) is 144 Å². The van der Waals surface area contributed by atoms with E-state index < -0.39 is 6.85 Å². The lowest BCUT2D eigenvalue weighted by atomic mass is 9.86. The Labute approximate surface area is 299 Å². The normalized spacial score (nSPS) is 14.5. The van der Waals surface area contributed by atoms with Crippen molar-refractivity contribution in [2.24, 2.45) is 0 Å². The number of hydrogen-bond donors (Lipinski definition) is 0. The molecule has 0 saturated carbocycles. The van der Waals surface area contributed by atoms with Crippen LogP contribution in [0.3, 0.4) is 0 Å². The highest BCUT2D eigenvalue weighted by molar-refractivity contribution is 6.09. The van der Waals surface area contributed by atoms with E-state index in [1.807, 2.05) is 34.9 Å². The average molecular weight is 660 g/mol. The molecule has 0 fully saturated rings. The summed E-state index contributed by atoms with van der Waals surface area (Å²) in [5.41, 5.74) is 8.96. The fourth-order valence-electron chi connectivity index (χ4n) is 6.96. The standard InChI is InChI=1S/C45H44N4O/c1-30-21-22-46-43(23-30)49-39-16-9-8-15-37(39)38-20-19-35(28-42(38)49)50-36-26-32(45(5,6)7)25-34(27-36)48-29-47(40-17-10-11-18-41(40)48)33-14-12-13-31(24-33)44(2,3)4/h8-28H,29H2,1-7H3/i1D3. The molecule has 0 aliphatic carbocycles. The van der Waals surface area contributed by atoms with Crippen LogP contribution in [0.4, 0.5) is 22.7 Å². The van der Waals surface area contributed by atoms with Crippen LogP contribution in [0.15, 0.2) is 128 Å². The molecule has 5 nitrogen and oxygen atoms in total. The Bertz CT molecular complexity index is 2500. The topological polar surface area (TPSA) is 33.5 Å². The molecule has 50 heavy (non-hydrogen) atoms. The number of hydrogen-bond acceptors (Lipinski definition) is 4. The van der Waals surface area contributed by atoms with Gasteiger partial charge >= 0.3 is 0 Å². The summed E-state index contributed by atoms with van der Waals surface area (Å²) < 4.78 is 32.8. The molecule has 0 saturated heterocycles. The quantitative estimate of drug-likeness (QED) is 0.184. The van der Waals surface area contributed by atoms with Crippen molar-refractivity contribution < 1.29 is 8.85 Å². The van der Waals surface area contributed by atoms with E-state index in [2.05, 4.69) is 135 Å². The molecule has 0 N–H and O–H groups in total. The second kappa shape index (κ2) is 11.8. The first kappa shape index (κ1) is 28.3. The van der Waals surface area contributed by atoms with Gasteiger partial charge in [-0.1, -0.05) is 84.0 Å². The van der Waals surface area contributed by atoms with Gasteiger partial charge in [0.05, 0.1) is 22.4 Å². The number of fused-ring (bicyclic) bond motifs is 4. The van der Waals surface area contributed by atoms with E-state index in [9.17, 15) is 0 Å². The number of para-hydroxylation sites is 3. The molecule has 0 unspecified atom stereocenters. The number of benzene rings is 5. The first-order valence-electron chi connectivity index (χ1n) is 18.7. The number of rotatable bonds is 5.